The lowest BCUT2D eigenvalue weighted by Gasteiger charge is -2.17. The van der Waals surface area contributed by atoms with Gasteiger partial charge in [-0.3, -0.25) is 23.7 Å². The molecule has 0 fully saturated rings. The molecule has 1 amide bonds. The largest absolute Gasteiger partial charge is 0.298 e. The maximum atomic E-state index is 12.7. The molecule has 0 saturated heterocycles. The minimum absolute atomic E-state index is 0.00838. The Kier molecular flexibility index (Phi) is 4.61. The van der Waals surface area contributed by atoms with E-state index in [4.69, 9.17) is 0 Å². The zero-order valence-corrected chi connectivity index (χ0v) is 14.7. The Morgan fingerprint density at radius 2 is 2.15 bits per heavy atom. The molecule has 0 radical (unpaired) electrons. The number of aldehydes is 1. The molecular weight excluding hydrogens is 336 g/mol. The average molecular weight is 354 g/mol. The maximum absolute atomic E-state index is 12.7. The summed E-state index contributed by atoms with van der Waals surface area (Å²) in [6, 6.07) is 3.10. The molecule has 9 heteroatoms. The molecule has 3 aromatic heterocycles. The summed E-state index contributed by atoms with van der Waals surface area (Å²) in [6.07, 6.45) is 5.12. The second-order valence-corrected chi connectivity index (χ2v) is 6.14. The van der Waals surface area contributed by atoms with E-state index in [0.29, 0.717) is 29.0 Å². The van der Waals surface area contributed by atoms with E-state index in [-0.39, 0.29) is 18.4 Å². The highest BCUT2D eigenvalue weighted by atomic mass is 16.2. The quantitative estimate of drug-likeness (QED) is 0.630. The fraction of sp³-hybridized carbons (Fsp3) is 0.294. The summed E-state index contributed by atoms with van der Waals surface area (Å²) in [5.41, 5.74) is 0.253. The van der Waals surface area contributed by atoms with Gasteiger partial charge in [0, 0.05) is 30.9 Å². The number of aromatic nitrogens is 5. The topological polar surface area (TPSA) is 102 Å². The summed E-state index contributed by atoms with van der Waals surface area (Å²) in [4.78, 5) is 45.5. The van der Waals surface area contributed by atoms with Crippen molar-refractivity contribution in [2.75, 3.05) is 11.9 Å². The number of likely N-dealkylation sites (N-methyl/N-ethyl adjacent to an activating group) is 1. The van der Waals surface area contributed by atoms with Crippen molar-refractivity contribution in [3.8, 4) is 0 Å². The minimum atomic E-state index is -0.438. The van der Waals surface area contributed by atoms with E-state index in [0.717, 1.165) is 4.68 Å². The summed E-state index contributed by atoms with van der Waals surface area (Å²) < 4.78 is 2.73. The standard InChI is InChI=1S/C17H18N6O3/c1-11(2)16-20-23(17(26)13-6-12(9-24)7-22(13)16)8-15(25)21(3)14-4-5-18-10-19-14/h4-7,9-11H,8H2,1-3H3. The van der Waals surface area contributed by atoms with Crippen LogP contribution in [0.15, 0.2) is 35.6 Å². The van der Waals surface area contributed by atoms with Gasteiger partial charge in [0.15, 0.2) is 6.29 Å². The van der Waals surface area contributed by atoms with Crippen LogP contribution in [0, 0.1) is 0 Å². The van der Waals surface area contributed by atoms with E-state index in [1.165, 1.54) is 23.5 Å². The van der Waals surface area contributed by atoms with Crippen molar-refractivity contribution in [3.05, 3.63) is 52.6 Å². The van der Waals surface area contributed by atoms with E-state index in [1.54, 1.807) is 23.7 Å². The lowest BCUT2D eigenvalue weighted by Crippen LogP contribution is -2.36. The predicted octanol–water partition coefficient (Wildman–Crippen LogP) is 0.885. The third kappa shape index (κ3) is 3.10. The van der Waals surface area contributed by atoms with Crippen LogP contribution in [0.2, 0.25) is 0 Å². The molecular formula is C17H18N6O3. The number of hydrogen-bond acceptors (Lipinski definition) is 6. The molecule has 0 bridgehead atoms. The monoisotopic (exact) mass is 354 g/mol. The van der Waals surface area contributed by atoms with E-state index in [9.17, 15) is 14.4 Å². The lowest BCUT2D eigenvalue weighted by atomic mass is 10.2. The van der Waals surface area contributed by atoms with Crippen LogP contribution in [0.1, 0.15) is 35.9 Å². The normalized spacial score (nSPS) is 11.1. The third-order valence-corrected chi connectivity index (χ3v) is 3.99. The first-order valence-electron chi connectivity index (χ1n) is 8.03. The minimum Gasteiger partial charge on any atom is -0.298 e. The Balaban J connectivity index is 2.02. The molecule has 0 aliphatic heterocycles. The molecule has 3 aromatic rings. The summed E-state index contributed by atoms with van der Waals surface area (Å²) in [7, 11) is 1.57. The molecule has 0 aliphatic carbocycles. The van der Waals surface area contributed by atoms with Crippen molar-refractivity contribution >= 4 is 23.5 Å². The number of anilines is 1. The van der Waals surface area contributed by atoms with Gasteiger partial charge in [0.2, 0.25) is 5.91 Å². The van der Waals surface area contributed by atoms with Gasteiger partial charge in [-0.05, 0) is 12.1 Å². The molecule has 0 aromatic carbocycles. The van der Waals surface area contributed by atoms with Gasteiger partial charge in [-0.2, -0.15) is 5.10 Å². The highest BCUT2D eigenvalue weighted by Gasteiger charge is 2.18. The van der Waals surface area contributed by atoms with Crippen LogP contribution >= 0.6 is 0 Å². The van der Waals surface area contributed by atoms with Gasteiger partial charge in [-0.1, -0.05) is 13.8 Å². The Hall–Kier alpha value is -3.36. The molecule has 0 unspecified atom stereocenters. The number of hydrogen-bond donors (Lipinski definition) is 0. The van der Waals surface area contributed by atoms with Crippen molar-refractivity contribution in [2.45, 2.75) is 26.3 Å². The van der Waals surface area contributed by atoms with Gasteiger partial charge >= 0.3 is 0 Å². The Morgan fingerprint density at radius 1 is 1.38 bits per heavy atom. The van der Waals surface area contributed by atoms with Gasteiger partial charge in [-0.25, -0.2) is 14.6 Å². The van der Waals surface area contributed by atoms with Crippen molar-refractivity contribution in [3.63, 3.8) is 0 Å². The van der Waals surface area contributed by atoms with Crippen LogP contribution in [0.4, 0.5) is 5.82 Å². The van der Waals surface area contributed by atoms with Crippen molar-refractivity contribution < 1.29 is 9.59 Å². The van der Waals surface area contributed by atoms with Crippen LogP contribution in [-0.4, -0.2) is 43.4 Å². The number of nitrogens with zero attached hydrogens (tertiary/aromatic N) is 6. The van der Waals surface area contributed by atoms with Crippen LogP contribution in [0.3, 0.4) is 0 Å². The molecule has 3 heterocycles. The fourth-order valence-electron chi connectivity index (χ4n) is 2.60. The van der Waals surface area contributed by atoms with Crippen molar-refractivity contribution in [1.82, 2.24) is 24.1 Å². The first kappa shape index (κ1) is 17.5. The maximum Gasteiger partial charge on any atom is 0.291 e. The molecule has 26 heavy (non-hydrogen) atoms. The Labute approximate surface area is 148 Å². The molecule has 0 saturated carbocycles. The second kappa shape index (κ2) is 6.87. The molecule has 134 valence electrons. The summed E-state index contributed by atoms with van der Waals surface area (Å²) in [5, 5.41) is 4.33. The SMILES string of the molecule is CC(C)c1nn(CC(=O)N(C)c2ccncn2)c(=O)c2cc(C=O)cn12. The molecule has 0 aliphatic rings. The second-order valence-electron chi connectivity index (χ2n) is 6.14. The molecule has 9 nitrogen and oxygen atoms in total. The zero-order chi connectivity index (χ0) is 18.8. The fourth-order valence-corrected chi connectivity index (χ4v) is 2.60. The van der Waals surface area contributed by atoms with Gasteiger partial charge in [0.1, 0.15) is 30.0 Å². The van der Waals surface area contributed by atoms with E-state index in [2.05, 4.69) is 15.1 Å². The first-order valence-corrected chi connectivity index (χ1v) is 8.03. The van der Waals surface area contributed by atoms with Gasteiger partial charge in [0.05, 0.1) is 0 Å². The first-order chi connectivity index (χ1) is 12.4. The van der Waals surface area contributed by atoms with Crippen molar-refractivity contribution in [2.24, 2.45) is 0 Å². The zero-order valence-electron chi connectivity index (χ0n) is 14.7. The van der Waals surface area contributed by atoms with Crippen molar-refractivity contribution in [1.29, 1.82) is 0 Å². The van der Waals surface area contributed by atoms with Crippen LogP contribution in [0.25, 0.3) is 5.52 Å². The molecule has 3 rings (SSSR count). The number of carbonyl (C=O) groups excluding carboxylic acids is 2. The number of rotatable bonds is 5. The van der Waals surface area contributed by atoms with Crippen LogP contribution in [-0.2, 0) is 11.3 Å². The van der Waals surface area contributed by atoms with E-state index < -0.39 is 5.56 Å². The van der Waals surface area contributed by atoms with Crippen LogP contribution < -0.4 is 10.5 Å². The van der Waals surface area contributed by atoms with Gasteiger partial charge in [-0.15, -0.1) is 0 Å². The lowest BCUT2D eigenvalue weighted by molar-refractivity contribution is -0.119. The van der Waals surface area contributed by atoms with Gasteiger partial charge in [0.25, 0.3) is 5.56 Å². The number of amides is 1. The summed E-state index contributed by atoms with van der Waals surface area (Å²) >= 11 is 0. The number of carbonyl (C=O) groups is 2. The third-order valence-electron chi connectivity index (χ3n) is 3.99. The smallest absolute Gasteiger partial charge is 0.291 e. The highest BCUT2D eigenvalue weighted by molar-refractivity contribution is 5.91. The summed E-state index contributed by atoms with van der Waals surface area (Å²) in [5.74, 6) is 0.657. The Morgan fingerprint density at radius 3 is 2.77 bits per heavy atom. The van der Waals surface area contributed by atoms with E-state index in [1.807, 2.05) is 13.8 Å². The Bertz CT molecular complexity index is 1020. The molecule has 0 atom stereocenters. The predicted molar refractivity (Wildman–Crippen MR) is 94.4 cm³/mol. The molecule has 0 spiro atoms. The van der Waals surface area contributed by atoms with Crippen LogP contribution in [0.5, 0.6) is 0 Å². The molecule has 0 N–H and O–H groups in total. The van der Waals surface area contributed by atoms with Gasteiger partial charge < -0.3 is 0 Å². The number of fused-ring (bicyclic) bond motifs is 1. The highest BCUT2D eigenvalue weighted by Crippen LogP contribution is 2.14. The van der Waals surface area contributed by atoms with E-state index >= 15 is 0 Å². The average Bonchev–Trinajstić information content (AvgIpc) is 3.08. The summed E-state index contributed by atoms with van der Waals surface area (Å²) in [6.45, 7) is 3.61.